The molecule has 0 fully saturated rings. The number of nitrogens with one attached hydrogen (secondary N) is 1. The first-order valence-corrected chi connectivity index (χ1v) is 7.46. The van der Waals surface area contributed by atoms with Crippen LogP contribution in [0.5, 0.6) is 0 Å². The lowest BCUT2D eigenvalue weighted by atomic mass is 9.72. The molecule has 0 radical (unpaired) electrons. The van der Waals surface area contributed by atoms with E-state index in [1.807, 2.05) is 0 Å². The quantitative estimate of drug-likeness (QED) is 0.642. The van der Waals surface area contributed by atoms with Crippen molar-refractivity contribution in [3.05, 3.63) is 70.8 Å². The van der Waals surface area contributed by atoms with Gasteiger partial charge in [0.15, 0.2) is 0 Å². The number of fused-ring (bicyclic) bond motifs is 1. The summed E-state index contributed by atoms with van der Waals surface area (Å²) in [7, 11) is 0. The molecule has 0 aliphatic heterocycles. The van der Waals surface area contributed by atoms with Crippen molar-refractivity contribution in [2.75, 3.05) is 0 Å². The number of benzene rings is 2. The van der Waals surface area contributed by atoms with Crippen molar-refractivity contribution in [3.63, 3.8) is 0 Å². The fraction of sp³-hybridized carbons (Fsp3) is 0.333. The summed E-state index contributed by atoms with van der Waals surface area (Å²) < 4.78 is 0. The Morgan fingerprint density at radius 3 is 2.55 bits per heavy atom. The van der Waals surface area contributed by atoms with Crippen LogP contribution in [0.4, 0.5) is 0 Å². The molecule has 0 heterocycles. The molecule has 2 nitrogen and oxygen atoms in total. The Morgan fingerprint density at radius 2 is 1.90 bits per heavy atom. The number of rotatable bonds is 5. The molecular weight excluding hydrogens is 244 g/mol. The zero-order chi connectivity index (χ0) is 13.9. The van der Waals surface area contributed by atoms with Crippen molar-refractivity contribution in [2.45, 2.75) is 38.1 Å². The molecule has 2 heteroatoms. The average molecular weight is 266 g/mol. The molecule has 2 unspecified atom stereocenters. The van der Waals surface area contributed by atoms with E-state index in [0.717, 1.165) is 12.8 Å². The summed E-state index contributed by atoms with van der Waals surface area (Å²) in [6.07, 6.45) is 3.45. The molecule has 0 bridgehead atoms. The summed E-state index contributed by atoms with van der Waals surface area (Å²) in [6.45, 7) is 2.21. The van der Waals surface area contributed by atoms with Crippen LogP contribution in [0.15, 0.2) is 48.5 Å². The fourth-order valence-electron chi connectivity index (χ4n) is 3.22. The van der Waals surface area contributed by atoms with Crippen molar-refractivity contribution < 1.29 is 0 Å². The number of hydrazine groups is 1. The Balaban J connectivity index is 1.81. The summed E-state index contributed by atoms with van der Waals surface area (Å²) in [5, 5.41) is 0. The van der Waals surface area contributed by atoms with Crippen LogP contribution in [-0.2, 0) is 12.8 Å². The molecule has 1 aliphatic rings. The van der Waals surface area contributed by atoms with E-state index in [9.17, 15) is 0 Å². The minimum Gasteiger partial charge on any atom is -0.271 e. The zero-order valence-corrected chi connectivity index (χ0v) is 12.0. The molecule has 0 aromatic heterocycles. The lowest BCUT2D eigenvalue weighted by Crippen LogP contribution is -2.37. The normalized spacial score (nSPS) is 18.2. The number of nitrogens with two attached hydrogens (primary N) is 1. The maximum Gasteiger partial charge on any atom is 0.0531 e. The third-order valence-corrected chi connectivity index (χ3v) is 4.35. The van der Waals surface area contributed by atoms with Crippen molar-refractivity contribution in [3.8, 4) is 0 Å². The lowest BCUT2D eigenvalue weighted by molar-refractivity contribution is 0.419. The van der Waals surface area contributed by atoms with Crippen LogP contribution in [0.3, 0.4) is 0 Å². The van der Waals surface area contributed by atoms with Crippen LogP contribution in [-0.4, -0.2) is 0 Å². The first-order chi connectivity index (χ1) is 9.83. The van der Waals surface area contributed by atoms with Gasteiger partial charge < -0.3 is 0 Å². The number of aryl methyl sites for hydroxylation is 1. The highest BCUT2D eigenvalue weighted by molar-refractivity contribution is 5.43. The predicted molar refractivity (Wildman–Crippen MR) is 83.4 cm³/mol. The Hall–Kier alpha value is -1.64. The van der Waals surface area contributed by atoms with Crippen molar-refractivity contribution >= 4 is 0 Å². The van der Waals surface area contributed by atoms with Crippen LogP contribution in [0, 0.1) is 0 Å². The van der Waals surface area contributed by atoms with Crippen LogP contribution < -0.4 is 11.3 Å². The van der Waals surface area contributed by atoms with Crippen molar-refractivity contribution in [1.29, 1.82) is 0 Å². The van der Waals surface area contributed by atoms with Gasteiger partial charge in [-0.2, -0.15) is 0 Å². The summed E-state index contributed by atoms with van der Waals surface area (Å²) >= 11 is 0. The van der Waals surface area contributed by atoms with Gasteiger partial charge in [-0.3, -0.25) is 11.3 Å². The minimum atomic E-state index is 0.209. The Morgan fingerprint density at radius 1 is 1.15 bits per heavy atom. The zero-order valence-electron chi connectivity index (χ0n) is 12.0. The molecule has 0 saturated carbocycles. The molecule has 0 amide bonds. The third-order valence-electron chi connectivity index (χ3n) is 4.35. The predicted octanol–water partition coefficient (Wildman–Crippen LogP) is 3.48. The second-order valence-corrected chi connectivity index (χ2v) is 5.65. The second-order valence-electron chi connectivity index (χ2n) is 5.65. The third kappa shape index (κ3) is 2.37. The van der Waals surface area contributed by atoms with Crippen LogP contribution in [0.25, 0.3) is 0 Å². The minimum absolute atomic E-state index is 0.209. The monoisotopic (exact) mass is 266 g/mol. The van der Waals surface area contributed by atoms with E-state index >= 15 is 0 Å². The van der Waals surface area contributed by atoms with Gasteiger partial charge in [0.05, 0.1) is 6.04 Å². The smallest absolute Gasteiger partial charge is 0.0531 e. The average Bonchev–Trinajstić information content (AvgIpc) is 2.46. The fourth-order valence-corrected chi connectivity index (χ4v) is 3.22. The van der Waals surface area contributed by atoms with E-state index in [1.165, 1.54) is 28.7 Å². The number of hydrogen-bond donors (Lipinski definition) is 2. The maximum absolute atomic E-state index is 5.82. The van der Waals surface area contributed by atoms with Gasteiger partial charge in [0.25, 0.3) is 0 Å². The summed E-state index contributed by atoms with van der Waals surface area (Å²) in [5.74, 6) is 6.31. The topological polar surface area (TPSA) is 38.0 Å². The van der Waals surface area contributed by atoms with Gasteiger partial charge >= 0.3 is 0 Å². The van der Waals surface area contributed by atoms with Gasteiger partial charge in [0, 0.05) is 5.92 Å². The van der Waals surface area contributed by atoms with Crippen LogP contribution >= 0.6 is 0 Å². The Labute approximate surface area is 121 Å². The standard InChI is InChI=1S/C18H22N2/c1-2-5-13-8-10-14(11-9-13)18(20-19)17-12-15-6-3-4-7-16(15)17/h3-4,6-11,17-18,20H,2,5,12,19H2,1H3. The Bertz CT molecular complexity index is 574. The highest BCUT2D eigenvalue weighted by atomic mass is 15.2. The van der Waals surface area contributed by atoms with E-state index in [0.29, 0.717) is 5.92 Å². The Kier molecular flexibility index (Phi) is 3.86. The summed E-state index contributed by atoms with van der Waals surface area (Å²) in [4.78, 5) is 0. The maximum atomic E-state index is 5.82. The molecule has 0 spiro atoms. The highest BCUT2D eigenvalue weighted by Crippen LogP contribution is 2.43. The molecule has 2 atom stereocenters. The highest BCUT2D eigenvalue weighted by Gasteiger charge is 2.32. The van der Waals surface area contributed by atoms with E-state index in [-0.39, 0.29) is 6.04 Å². The first kappa shape index (κ1) is 13.3. The van der Waals surface area contributed by atoms with Gasteiger partial charge in [-0.25, -0.2) is 0 Å². The lowest BCUT2D eigenvalue weighted by Gasteiger charge is -2.36. The molecule has 1 aliphatic carbocycles. The molecule has 3 rings (SSSR count). The molecule has 20 heavy (non-hydrogen) atoms. The molecule has 3 N–H and O–H groups in total. The van der Waals surface area contributed by atoms with E-state index in [1.54, 1.807) is 0 Å². The largest absolute Gasteiger partial charge is 0.271 e. The van der Waals surface area contributed by atoms with E-state index in [2.05, 4.69) is 60.9 Å². The molecule has 2 aromatic rings. The van der Waals surface area contributed by atoms with Gasteiger partial charge in [-0.1, -0.05) is 61.9 Å². The molecule has 104 valence electrons. The molecule has 2 aromatic carbocycles. The SMILES string of the molecule is CCCc1ccc(C(NN)C2Cc3ccccc32)cc1. The number of hydrogen-bond acceptors (Lipinski definition) is 2. The summed E-state index contributed by atoms with van der Waals surface area (Å²) in [6, 6.07) is 17.8. The second kappa shape index (κ2) is 5.78. The van der Waals surface area contributed by atoms with E-state index < -0.39 is 0 Å². The summed E-state index contributed by atoms with van der Waals surface area (Å²) in [5.41, 5.74) is 8.60. The van der Waals surface area contributed by atoms with Gasteiger partial charge in [0.1, 0.15) is 0 Å². The van der Waals surface area contributed by atoms with E-state index in [4.69, 9.17) is 5.84 Å². The van der Waals surface area contributed by atoms with Crippen molar-refractivity contribution in [2.24, 2.45) is 5.84 Å². The first-order valence-electron chi connectivity index (χ1n) is 7.46. The van der Waals surface area contributed by atoms with Crippen LogP contribution in [0.1, 0.15) is 47.6 Å². The molecule has 0 saturated heterocycles. The van der Waals surface area contributed by atoms with Crippen LogP contribution in [0.2, 0.25) is 0 Å². The molecular formula is C18H22N2. The van der Waals surface area contributed by atoms with Gasteiger partial charge in [-0.15, -0.1) is 0 Å². The van der Waals surface area contributed by atoms with Gasteiger partial charge in [-0.05, 0) is 35.1 Å². The van der Waals surface area contributed by atoms with Gasteiger partial charge in [0.2, 0.25) is 0 Å². The van der Waals surface area contributed by atoms with Crippen molar-refractivity contribution in [1.82, 2.24) is 5.43 Å².